The van der Waals surface area contributed by atoms with E-state index in [1.165, 1.54) is 0 Å². The van der Waals surface area contributed by atoms with Crippen molar-refractivity contribution >= 4 is 0 Å². The molecule has 0 aromatic rings. The van der Waals surface area contributed by atoms with E-state index in [1.807, 2.05) is 0 Å². The largest absolute Gasteiger partial charge is 0.327 e. The van der Waals surface area contributed by atoms with Gasteiger partial charge < -0.3 is 11.1 Å². The van der Waals surface area contributed by atoms with Crippen molar-refractivity contribution in [2.24, 2.45) is 5.73 Å². The van der Waals surface area contributed by atoms with Gasteiger partial charge in [0.05, 0.1) is 0 Å². The lowest BCUT2D eigenvalue weighted by atomic mass is 9.96. The van der Waals surface area contributed by atoms with E-state index in [4.69, 9.17) is 5.73 Å². The summed E-state index contributed by atoms with van der Waals surface area (Å²) in [6.07, 6.45) is 0. The summed E-state index contributed by atoms with van der Waals surface area (Å²) in [5.41, 5.74) is 6.17. The number of nitrogens with two attached hydrogens (primary N) is 1. The molecule has 2 atom stereocenters. The maximum Gasteiger partial charge on any atom is 0.0281 e. The fourth-order valence-electron chi connectivity index (χ4n) is 2.04. The van der Waals surface area contributed by atoms with Crippen LogP contribution in [-0.2, 0) is 0 Å². The molecule has 0 bridgehead atoms. The van der Waals surface area contributed by atoms with Crippen LogP contribution in [0.2, 0.25) is 0 Å². The van der Waals surface area contributed by atoms with Gasteiger partial charge in [0, 0.05) is 37.3 Å². The Balaban J connectivity index is 2.65. The van der Waals surface area contributed by atoms with Crippen LogP contribution in [-0.4, -0.2) is 42.2 Å². The zero-order valence-corrected chi connectivity index (χ0v) is 9.30. The SMILES string of the molecule is CC(N)C(C)N1CCNCC1(C)C. The third-order valence-corrected chi connectivity index (χ3v) is 3.12. The molecule has 3 N–H and O–H groups in total. The monoisotopic (exact) mass is 185 g/mol. The standard InChI is InChI=1S/C10H23N3/c1-8(11)9(2)13-6-5-12-7-10(13,3)4/h8-9,12H,5-7,11H2,1-4H3. The fourth-order valence-corrected chi connectivity index (χ4v) is 2.04. The molecule has 1 rings (SSSR count). The Morgan fingerprint density at radius 1 is 1.38 bits per heavy atom. The number of hydrogen-bond donors (Lipinski definition) is 2. The molecule has 0 spiro atoms. The van der Waals surface area contributed by atoms with Gasteiger partial charge in [0.1, 0.15) is 0 Å². The van der Waals surface area contributed by atoms with Crippen LogP contribution in [0.25, 0.3) is 0 Å². The molecule has 3 heteroatoms. The number of rotatable bonds is 2. The van der Waals surface area contributed by atoms with Gasteiger partial charge in [-0.05, 0) is 27.7 Å². The predicted octanol–water partition coefficient (Wildman–Crippen LogP) is 0.406. The zero-order chi connectivity index (χ0) is 10.1. The van der Waals surface area contributed by atoms with Crippen molar-refractivity contribution < 1.29 is 0 Å². The van der Waals surface area contributed by atoms with Crippen molar-refractivity contribution in [3.8, 4) is 0 Å². The second kappa shape index (κ2) is 3.95. The third kappa shape index (κ3) is 2.42. The van der Waals surface area contributed by atoms with Gasteiger partial charge in [0.15, 0.2) is 0 Å². The molecular weight excluding hydrogens is 162 g/mol. The Morgan fingerprint density at radius 3 is 2.46 bits per heavy atom. The third-order valence-electron chi connectivity index (χ3n) is 3.12. The lowest BCUT2D eigenvalue weighted by Gasteiger charge is -2.47. The van der Waals surface area contributed by atoms with E-state index < -0.39 is 0 Å². The number of piperazine rings is 1. The molecular formula is C10H23N3. The van der Waals surface area contributed by atoms with Gasteiger partial charge >= 0.3 is 0 Å². The van der Waals surface area contributed by atoms with Gasteiger partial charge in [-0.3, -0.25) is 4.90 Å². The fraction of sp³-hybridized carbons (Fsp3) is 1.00. The van der Waals surface area contributed by atoms with E-state index in [2.05, 4.69) is 37.9 Å². The number of nitrogens with zero attached hydrogens (tertiary/aromatic N) is 1. The minimum Gasteiger partial charge on any atom is -0.327 e. The van der Waals surface area contributed by atoms with Gasteiger partial charge in [-0.2, -0.15) is 0 Å². The Labute approximate surface area is 81.7 Å². The van der Waals surface area contributed by atoms with E-state index in [-0.39, 0.29) is 11.6 Å². The highest BCUT2D eigenvalue weighted by Gasteiger charge is 2.33. The second-order valence-corrected chi connectivity index (χ2v) is 4.78. The molecule has 3 nitrogen and oxygen atoms in total. The van der Waals surface area contributed by atoms with E-state index in [0.29, 0.717) is 6.04 Å². The molecule has 0 radical (unpaired) electrons. The van der Waals surface area contributed by atoms with Crippen LogP contribution in [0.1, 0.15) is 27.7 Å². The molecule has 0 aliphatic carbocycles. The highest BCUT2D eigenvalue weighted by molar-refractivity contribution is 4.92. The Bertz CT molecular complexity index is 166. The number of hydrogen-bond acceptors (Lipinski definition) is 3. The van der Waals surface area contributed by atoms with Crippen LogP contribution in [0.15, 0.2) is 0 Å². The molecule has 13 heavy (non-hydrogen) atoms. The highest BCUT2D eigenvalue weighted by Crippen LogP contribution is 2.20. The maximum atomic E-state index is 5.93. The Hall–Kier alpha value is -0.120. The van der Waals surface area contributed by atoms with Crippen LogP contribution >= 0.6 is 0 Å². The average Bonchev–Trinajstić information content (AvgIpc) is 2.02. The minimum absolute atomic E-state index is 0.241. The van der Waals surface area contributed by atoms with Crippen LogP contribution in [0.3, 0.4) is 0 Å². The summed E-state index contributed by atoms with van der Waals surface area (Å²) in [6, 6.07) is 0.717. The molecule has 0 amide bonds. The highest BCUT2D eigenvalue weighted by atomic mass is 15.3. The quantitative estimate of drug-likeness (QED) is 0.654. The predicted molar refractivity (Wildman–Crippen MR) is 56.8 cm³/mol. The van der Waals surface area contributed by atoms with E-state index in [1.54, 1.807) is 0 Å². The summed E-state index contributed by atoms with van der Waals surface area (Å²) in [5, 5.41) is 3.42. The topological polar surface area (TPSA) is 41.3 Å². The first-order chi connectivity index (χ1) is 5.95. The first-order valence-corrected chi connectivity index (χ1v) is 5.18. The van der Waals surface area contributed by atoms with Gasteiger partial charge in [0.2, 0.25) is 0 Å². The summed E-state index contributed by atoms with van der Waals surface area (Å²) in [6.45, 7) is 12.1. The van der Waals surface area contributed by atoms with Crippen molar-refractivity contribution in [2.75, 3.05) is 19.6 Å². The van der Waals surface area contributed by atoms with Crippen LogP contribution < -0.4 is 11.1 Å². The van der Waals surface area contributed by atoms with Crippen molar-refractivity contribution in [1.82, 2.24) is 10.2 Å². The normalized spacial score (nSPS) is 28.4. The van der Waals surface area contributed by atoms with Crippen molar-refractivity contribution in [2.45, 2.75) is 45.3 Å². The Morgan fingerprint density at radius 2 is 2.00 bits per heavy atom. The summed E-state index contributed by atoms with van der Waals surface area (Å²) < 4.78 is 0. The number of nitrogens with one attached hydrogen (secondary N) is 1. The van der Waals surface area contributed by atoms with Crippen molar-refractivity contribution in [3.63, 3.8) is 0 Å². The summed E-state index contributed by atoms with van der Waals surface area (Å²) in [4.78, 5) is 2.51. The van der Waals surface area contributed by atoms with Gasteiger partial charge in [0.25, 0.3) is 0 Å². The molecule has 2 unspecified atom stereocenters. The molecule has 1 heterocycles. The van der Waals surface area contributed by atoms with Crippen molar-refractivity contribution in [1.29, 1.82) is 0 Å². The second-order valence-electron chi connectivity index (χ2n) is 4.78. The minimum atomic E-state index is 0.241. The maximum absolute atomic E-state index is 5.93. The molecule has 1 fully saturated rings. The van der Waals surface area contributed by atoms with Crippen LogP contribution in [0.4, 0.5) is 0 Å². The molecule has 1 aliphatic rings. The molecule has 0 aromatic heterocycles. The van der Waals surface area contributed by atoms with Crippen LogP contribution in [0.5, 0.6) is 0 Å². The van der Waals surface area contributed by atoms with Gasteiger partial charge in [-0.1, -0.05) is 0 Å². The summed E-state index contributed by atoms with van der Waals surface area (Å²) >= 11 is 0. The molecule has 0 saturated carbocycles. The molecule has 1 saturated heterocycles. The van der Waals surface area contributed by atoms with E-state index >= 15 is 0 Å². The Kier molecular flexibility index (Phi) is 3.33. The average molecular weight is 185 g/mol. The van der Waals surface area contributed by atoms with Crippen molar-refractivity contribution in [3.05, 3.63) is 0 Å². The molecule has 78 valence electrons. The first kappa shape index (κ1) is 11.0. The lowest BCUT2D eigenvalue weighted by Crippen LogP contribution is -2.63. The smallest absolute Gasteiger partial charge is 0.0281 e. The van der Waals surface area contributed by atoms with Gasteiger partial charge in [-0.25, -0.2) is 0 Å². The van der Waals surface area contributed by atoms with Gasteiger partial charge in [-0.15, -0.1) is 0 Å². The zero-order valence-electron chi connectivity index (χ0n) is 9.30. The molecule has 0 aromatic carbocycles. The molecule has 1 aliphatic heterocycles. The van der Waals surface area contributed by atoms with E-state index in [0.717, 1.165) is 19.6 Å². The lowest BCUT2D eigenvalue weighted by molar-refractivity contribution is 0.0438. The van der Waals surface area contributed by atoms with Crippen LogP contribution in [0, 0.1) is 0 Å². The summed E-state index contributed by atoms with van der Waals surface area (Å²) in [7, 11) is 0. The summed E-state index contributed by atoms with van der Waals surface area (Å²) in [5.74, 6) is 0. The first-order valence-electron chi connectivity index (χ1n) is 5.18. The van der Waals surface area contributed by atoms with E-state index in [9.17, 15) is 0 Å².